The van der Waals surface area contributed by atoms with Crippen molar-refractivity contribution in [2.75, 3.05) is 0 Å². The van der Waals surface area contributed by atoms with Gasteiger partial charge in [0.2, 0.25) is 4.96 Å². The summed E-state index contributed by atoms with van der Waals surface area (Å²) in [6.07, 6.45) is 3.79. The van der Waals surface area contributed by atoms with Crippen molar-refractivity contribution < 1.29 is 0 Å². The third-order valence-electron chi connectivity index (χ3n) is 3.81. The molecule has 0 saturated heterocycles. The van der Waals surface area contributed by atoms with Gasteiger partial charge in [0.05, 0.1) is 5.69 Å². The van der Waals surface area contributed by atoms with Gasteiger partial charge in [0.15, 0.2) is 0 Å². The first-order valence-electron chi connectivity index (χ1n) is 7.90. The van der Waals surface area contributed by atoms with Crippen molar-refractivity contribution in [3.63, 3.8) is 0 Å². The van der Waals surface area contributed by atoms with Crippen LogP contribution in [-0.4, -0.2) is 14.6 Å². The summed E-state index contributed by atoms with van der Waals surface area (Å²) in [5.74, 6) is 0. The molecular formula is C20H15N3OS. The van der Waals surface area contributed by atoms with Gasteiger partial charge in [-0.3, -0.25) is 4.79 Å². The number of hydrogen-bond acceptors (Lipinski definition) is 4. The van der Waals surface area contributed by atoms with E-state index in [1.165, 1.54) is 27.5 Å². The average Bonchev–Trinajstić information content (AvgIpc) is 3.06. The Morgan fingerprint density at radius 3 is 2.52 bits per heavy atom. The maximum Gasteiger partial charge on any atom is 0.275 e. The maximum absolute atomic E-state index is 12.3. The van der Waals surface area contributed by atoms with E-state index in [-0.39, 0.29) is 5.56 Å². The lowest BCUT2D eigenvalue weighted by Crippen LogP contribution is -2.14. The van der Waals surface area contributed by atoms with Crippen molar-refractivity contribution in [1.82, 2.24) is 14.6 Å². The predicted octanol–water partition coefficient (Wildman–Crippen LogP) is 4.30. The summed E-state index contributed by atoms with van der Waals surface area (Å²) in [7, 11) is 0. The Hall–Kier alpha value is -3.05. The van der Waals surface area contributed by atoms with Gasteiger partial charge in [-0.1, -0.05) is 77.6 Å². The molecule has 0 aliphatic carbocycles. The fourth-order valence-corrected chi connectivity index (χ4v) is 3.39. The summed E-state index contributed by atoms with van der Waals surface area (Å²) in [5.41, 5.74) is 3.70. The third kappa shape index (κ3) is 3.27. The Bertz CT molecular complexity index is 1110. The zero-order chi connectivity index (χ0) is 17.2. The van der Waals surface area contributed by atoms with E-state index in [2.05, 4.69) is 10.1 Å². The van der Waals surface area contributed by atoms with Gasteiger partial charge in [-0.2, -0.15) is 9.61 Å². The lowest BCUT2D eigenvalue weighted by atomic mass is 10.2. The highest BCUT2D eigenvalue weighted by Gasteiger charge is 2.09. The van der Waals surface area contributed by atoms with E-state index in [1.807, 2.05) is 73.7 Å². The second-order valence-corrected chi connectivity index (χ2v) is 6.69. The van der Waals surface area contributed by atoms with Crippen molar-refractivity contribution in [3.05, 3.63) is 87.8 Å². The Kier molecular flexibility index (Phi) is 3.99. The molecule has 2 aromatic heterocycles. The van der Waals surface area contributed by atoms with Gasteiger partial charge >= 0.3 is 0 Å². The lowest BCUT2D eigenvalue weighted by Gasteiger charge is -1.95. The third-order valence-corrected chi connectivity index (χ3v) is 4.77. The number of aryl methyl sites for hydroxylation is 1. The van der Waals surface area contributed by atoms with Crippen LogP contribution in [0.1, 0.15) is 16.8 Å². The van der Waals surface area contributed by atoms with Crippen LogP contribution in [-0.2, 0) is 0 Å². The van der Waals surface area contributed by atoms with Gasteiger partial charge in [-0.05, 0) is 18.6 Å². The normalized spacial score (nSPS) is 11.4. The first-order chi connectivity index (χ1) is 12.2. The zero-order valence-corrected chi connectivity index (χ0v) is 14.4. The van der Waals surface area contributed by atoms with Crippen molar-refractivity contribution >= 4 is 28.4 Å². The number of hydrogen-bond donors (Lipinski definition) is 0. The van der Waals surface area contributed by atoms with Crippen molar-refractivity contribution in [1.29, 1.82) is 0 Å². The molecule has 4 aromatic rings. The topological polar surface area (TPSA) is 47.3 Å². The molecule has 5 heteroatoms. The van der Waals surface area contributed by atoms with Crippen LogP contribution in [0.3, 0.4) is 0 Å². The SMILES string of the molecule is Cc1ccc(-c2nn3c(=O)cc(/C=C/c4ccccc4)nc3s2)cc1. The molecule has 0 bridgehead atoms. The molecule has 0 aliphatic heterocycles. The van der Waals surface area contributed by atoms with E-state index in [1.54, 1.807) is 0 Å². The Balaban J connectivity index is 1.73. The van der Waals surface area contributed by atoms with Crippen LogP contribution in [0, 0.1) is 6.92 Å². The van der Waals surface area contributed by atoms with Gasteiger partial charge in [-0.15, -0.1) is 0 Å². The molecule has 0 atom stereocenters. The van der Waals surface area contributed by atoms with E-state index in [4.69, 9.17) is 0 Å². The smallest absolute Gasteiger partial charge is 0.267 e. The second-order valence-electron chi connectivity index (χ2n) is 5.73. The van der Waals surface area contributed by atoms with Gasteiger partial charge < -0.3 is 0 Å². The van der Waals surface area contributed by atoms with Crippen LogP contribution in [0.2, 0.25) is 0 Å². The van der Waals surface area contributed by atoms with Crippen LogP contribution in [0.15, 0.2) is 65.5 Å². The van der Waals surface area contributed by atoms with E-state index in [9.17, 15) is 4.79 Å². The van der Waals surface area contributed by atoms with E-state index >= 15 is 0 Å². The number of nitrogens with zero attached hydrogens (tertiary/aromatic N) is 3. The van der Waals surface area contributed by atoms with Gasteiger partial charge in [0.1, 0.15) is 5.01 Å². The zero-order valence-electron chi connectivity index (χ0n) is 13.6. The van der Waals surface area contributed by atoms with E-state index in [0.717, 1.165) is 16.1 Å². The fourth-order valence-electron chi connectivity index (χ4n) is 2.47. The lowest BCUT2D eigenvalue weighted by molar-refractivity contribution is 0.901. The van der Waals surface area contributed by atoms with Crippen molar-refractivity contribution in [3.8, 4) is 10.6 Å². The number of rotatable bonds is 3. The fraction of sp³-hybridized carbons (Fsp3) is 0.0500. The summed E-state index contributed by atoms with van der Waals surface area (Å²) in [5, 5.41) is 5.19. The van der Waals surface area contributed by atoms with Gasteiger partial charge in [-0.25, -0.2) is 4.98 Å². The Morgan fingerprint density at radius 1 is 1.00 bits per heavy atom. The predicted molar refractivity (Wildman–Crippen MR) is 103 cm³/mol. The minimum Gasteiger partial charge on any atom is -0.267 e. The molecule has 0 N–H and O–H groups in total. The Labute approximate surface area is 148 Å². The molecule has 0 saturated carbocycles. The van der Waals surface area contributed by atoms with Gasteiger partial charge in [0, 0.05) is 11.6 Å². The number of aromatic nitrogens is 3. The molecule has 0 amide bonds. The van der Waals surface area contributed by atoms with E-state index < -0.39 is 0 Å². The molecule has 0 fully saturated rings. The molecule has 4 rings (SSSR count). The average molecular weight is 345 g/mol. The highest BCUT2D eigenvalue weighted by atomic mass is 32.1. The molecule has 0 unspecified atom stereocenters. The van der Waals surface area contributed by atoms with Crippen molar-refractivity contribution in [2.45, 2.75) is 6.92 Å². The van der Waals surface area contributed by atoms with Crippen LogP contribution in [0.25, 0.3) is 27.7 Å². The van der Waals surface area contributed by atoms with Crippen LogP contribution < -0.4 is 5.56 Å². The molecule has 0 aliphatic rings. The molecule has 4 nitrogen and oxygen atoms in total. The second kappa shape index (κ2) is 6.45. The Morgan fingerprint density at radius 2 is 1.76 bits per heavy atom. The van der Waals surface area contributed by atoms with Crippen LogP contribution in [0.4, 0.5) is 0 Å². The first kappa shape index (κ1) is 15.5. The van der Waals surface area contributed by atoms with Gasteiger partial charge in [0.25, 0.3) is 5.56 Å². The monoisotopic (exact) mass is 345 g/mol. The van der Waals surface area contributed by atoms with E-state index in [0.29, 0.717) is 10.7 Å². The number of benzene rings is 2. The molecule has 2 aromatic carbocycles. The molecule has 0 spiro atoms. The maximum atomic E-state index is 12.3. The number of fused-ring (bicyclic) bond motifs is 1. The standard InChI is InChI=1S/C20H15N3OS/c1-14-7-10-16(11-8-14)19-22-23-18(24)13-17(21-20(23)25-19)12-9-15-5-3-2-4-6-15/h2-13H,1H3/b12-9+. The first-order valence-corrected chi connectivity index (χ1v) is 8.72. The summed E-state index contributed by atoms with van der Waals surface area (Å²) in [6, 6.07) is 19.5. The van der Waals surface area contributed by atoms with Crippen LogP contribution >= 0.6 is 11.3 Å². The minimum absolute atomic E-state index is 0.174. The molecule has 2 heterocycles. The highest BCUT2D eigenvalue weighted by molar-refractivity contribution is 7.19. The summed E-state index contributed by atoms with van der Waals surface area (Å²) in [6.45, 7) is 2.04. The summed E-state index contributed by atoms with van der Waals surface area (Å²) in [4.78, 5) is 17.5. The molecule has 0 radical (unpaired) electrons. The largest absolute Gasteiger partial charge is 0.275 e. The summed E-state index contributed by atoms with van der Waals surface area (Å²) >= 11 is 1.41. The summed E-state index contributed by atoms with van der Waals surface area (Å²) < 4.78 is 1.36. The molecular weight excluding hydrogens is 330 g/mol. The molecule has 25 heavy (non-hydrogen) atoms. The quantitative estimate of drug-likeness (QED) is 0.556. The molecule has 122 valence electrons. The van der Waals surface area contributed by atoms with Crippen molar-refractivity contribution in [2.24, 2.45) is 0 Å². The van der Waals surface area contributed by atoms with Crippen LogP contribution in [0.5, 0.6) is 0 Å². The highest BCUT2D eigenvalue weighted by Crippen LogP contribution is 2.24. The minimum atomic E-state index is -0.174.